The van der Waals surface area contributed by atoms with Crippen LogP contribution in [0.4, 0.5) is 11.4 Å². The van der Waals surface area contributed by atoms with Crippen molar-refractivity contribution >= 4 is 46.4 Å². The van der Waals surface area contributed by atoms with Crippen molar-refractivity contribution in [2.45, 2.75) is 16.6 Å². The normalized spacial score (nSPS) is 14.9. The van der Waals surface area contributed by atoms with E-state index in [0.29, 0.717) is 16.5 Å². The minimum Gasteiger partial charge on any atom is -0.497 e. The van der Waals surface area contributed by atoms with Crippen LogP contribution < -0.4 is 14.8 Å². The maximum Gasteiger partial charge on any atom is 0.225 e. The van der Waals surface area contributed by atoms with E-state index in [-0.39, 0.29) is 17.6 Å². The summed E-state index contributed by atoms with van der Waals surface area (Å²) in [6.07, 6.45) is 0.271. The van der Waals surface area contributed by atoms with E-state index in [4.69, 9.17) is 26.1 Å². The van der Waals surface area contributed by atoms with Crippen molar-refractivity contribution in [3.8, 4) is 11.5 Å². The lowest BCUT2D eigenvalue weighted by molar-refractivity contribution is -0.116. The minimum atomic E-state index is -0.128. The third-order valence-electron chi connectivity index (χ3n) is 4.87. The molecule has 31 heavy (non-hydrogen) atoms. The first-order valence-electron chi connectivity index (χ1n) is 9.69. The number of benzene rings is 3. The number of rotatable bonds is 6. The lowest BCUT2D eigenvalue weighted by atomic mass is 10.0. The molecule has 1 heterocycles. The smallest absolute Gasteiger partial charge is 0.225 e. The highest BCUT2D eigenvalue weighted by molar-refractivity contribution is 8.01. The molecular weight excluding hydrogens is 432 g/mol. The topological polar surface area (TPSA) is 59.9 Å². The number of methoxy groups -OCH3 is 2. The summed E-state index contributed by atoms with van der Waals surface area (Å²) in [5, 5.41) is 3.25. The van der Waals surface area contributed by atoms with Gasteiger partial charge in [0.05, 0.1) is 35.9 Å². The van der Waals surface area contributed by atoms with Gasteiger partial charge >= 0.3 is 0 Å². The number of carbonyl (C=O) groups is 1. The minimum absolute atomic E-state index is 0.112. The number of thioether (sulfide) groups is 1. The standard InChI is InChI=1S/C24H21ClN2O3S/c1-29-17-10-7-15(8-11-17)24-22(31-21-6-4-3-5-19(21)27-24)14-23(28)26-16-9-12-20(30-2)18(25)13-16/h3-13,22H,14H2,1-2H3,(H,26,28)/t22-/m0/s1. The fraction of sp³-hybridized carbons (Fsp3) is 0.167. The molecule has 7 heteroatoms. The van der Waals surface area contributed by atoms with Crippen LogP contribution in [0.15, 0.2) is 76.6 Å². The van der Waals surface area contributed by atoms with E-state index in [9.17, 15) is 4.79 Å². The summed E-state index contributed by atoms with van der Waals surface area (Å²) in [6, 6.07) is 20.9. The van der Waals surface area contributed by atoms with Crippen molar-refractivity contribution in [3.05, 3.63) is 77.3 Å². The summed E-state index contributed by atoms with van der Waals surface area (Å²) in [5.74, 6) is 1.23. The zero-order valence-electron chi connectivity index (χ0n) is 17.1. The van der Waals surface area contributed by atoms with Crippen molar-refractivity contribution < 1.29 is 14.3 Å². The van der Waals surface area contributed by atoms with Crippen LogP contribution in [-0.2, 0) is 4.79 Å². The Kier molecular flexibility index (Phi) is 6.49. The monoisotopic (exact) mass is 452 g/mol. The number of hydrogen-bond donors (Lipinski definition) is 1. The average molecular weight is 453 g/mol. The Hall–Kier alpha value is -2.96. The van der Waals surface area contributed by atoms with Crippen molar-refractivity contribution in [3.63, 3.8) is 0 Å². The van der Waals surface area contributed by atoms with Gasteiger partial charge in [-0.3, -0.25) is 9.79 Å². The summed E-state index contributed by atoms with van der Waals surface area (Å²) >= 11 is 7.83. The summed E-state index contributed by atoms with van der Waals surface area (Å²) in [6.45, 7) is 0. The van der Waals surface area contributed by atoms with Gasteiger partial charge in [0.2, 0.25) is 5.91 Å². The first-order chi connectivity index (χ1) is 15.1. The van der Waals surface area contributed by atoms with Crippen LogP contribution in [0.1, 0.15) is 12.0 Å². The molecule has 4 rings (SSSR count). The molecule has 0 spiro atoms. The van der Waals surface area contributed by atoms with Crippen LogP contribution in [0.5, 0.6) is 11.5 Å². The fourth-order valence-electron chi connectivity index (χ4n) is 3.34. The number of halogens is 1. The molecule has 0 fully saturated rings. The first kappa shape index (κ1) is 21.3. The second-order valence-corrected chi connectivity index (χ2v) is 8.55. The van der Waals surface area contributed by atoms with Crippen LogP contribution in [0.3, 0.4) is 0 Å². The number of ether oxygens (including phenoxy) is 2. The van der Waals surface area contributed by atoms with Crippen molar-refractivity contribution in [2.75, 3.05) is 19.5 Å². The number of anilines is 1. The second-order valence-electron chi connectivity index (χ2n) is 6.90. The van der Waals surface area contributed by atoms with Crippen LogP contribution in [-0.4, -0.2) is 31.1 Å². The first-order valence-corrected chi connectivity index (χ1v) is 10.9. The molecule has 1 N–H and O–H groups in total. The maximum atomic E-state index is 12.9. The molecule has 1 atom stereocenters. The average Bonchev–Trinajstić information content (AvgIpc) is 2.79. The second kappa shape index (κ2) is 9.45. The van der Waals surface area contributed by atoms with Gasteiger partial charge < -0.3 is 14.8 Å². The Bertz CT molecular complexity index is 1130. The van der Waals surface area contributed by atoms with E-state index < -0.39 is 0 Å². The van der Waals surface area contributed by atoms with Crippen molar-refractivity contribution in [2.24, 2.45) is 4.99 Å². The van der Waals surface area contributed by atoms with Gasteiger partial charge in [-0.2, -0.15) is 0 Å². The lowest BCUT2D eigenvalue weighted by Gasteiger charge is -2.24. The Morgan fingerprint density at radius 3 is 2.55 bits per heavy atom. The largest absolute Gasteiger partial charge is 0.497 e. The van der Waals surface area contributed by atoms with Crippen molar-refractivity contribution in [1.82, 2.24) is 0 Å². The molecule has 0 saturated carbocycles. The third kappa shape index (κ3) is 4.86. The molecule has 5 nitrogen and oxygen atoms in total. The van der Waals surface area contributed by atoms with Gasteiger partial charge in [0.1, 0.15) is 11.5 Å². The number of amides is 1. The Labute approximate surface area is 190 Å². The highest BCUT2D eigenvalue weighted by Gasteiger charge is 2.27. The fourth-order valence-corrected chi connectivity index (χ4v) is 4.83. The summed E-state index contributed by atoms with van der Waals surface area (Å²) < 4.78 is 10.4. The SMILES string of the molecule is COc1ccc(C2=Nc3ccccc3S[C@H]2CC(=O)Nc2ccc(OC)c(Cl)c2)cc1. The van der Waals surface area contributed by atoms with Crippen LogP contribution in [0.2, 0.25) is 5.02 Å². The van der Waals surface area contributed by atoms with E-state index in [1.165, 1.54) is 0 Å². The number of hydrogen-bond acceptors (Lipinski definition) is 5. The zero-order valence-corrected chi connectivity index (χ0v) is 18.7. The molecule has 0 radical (unpaired) electrons. The number of nitrogens with one attached hydrogen (secondary N) is 1. The summed E-state index contributed by atoms with van der Waals surface area (Å²) in [7, 11) is 3.19. The quantitative estimate of drug-likeness (QED) is 0.499. The van der Waals surface area contributed by atoms with E-state index in [1.54, 1.807) is 44.2 Å². The van der Waals surface area contributed by atoms with Gasteiger partial charge in [-0.15, -0.1) is 11.8 Å². The Morgan fingerprint density at radius 2 is 1.84 bits per heavy atom. The predicted molar refractivity (Wildman–Crippen MR) is 127 cm³/mol. The number of para-hydroxylation sites is 1. The lowest BCUT2D eigenvalue weighted by Crippen LogP contribution is -2.27. The molecule has 0 bridgehead atoms. The van der Waals surface area contributed by atoms with Gasteiger partial charge in [0, 0.05) is 17.0 Å². The maximum absolute atomic E-state index is 12.9. The molecule has 0 aromatic heterocycles. The molecule has 3 aromatic carbocycles. The summed E-state index contributed by atoms with van der Waals surface area (Å²) in [5.41, 5.74) is 3.37. The summed E-state index contributed by atoms with van der Waals surface area (Å²) in [4.78, 5) is 18.8. The van der Waals surface area contributed by atoms with Gasteiger partial charge in [0.15, 0.2) is 0 Å². The number of aliphatic imine (C=N–C) groups is 1. The Balaban J connectivity index is 1.57. The molecule has 1 amide bonds. The van der Waals surface area contributed by atoms with Gasteiger partial charge in [-0.25, -0.2) is 0 Å². The van der Waals surface area contributed by atoms with Crippen LogP contribution in [0.25, 0.3) is 0 Å². The molecule has 3 aromatic rings. The molecule has 0 unspecified atom stereocenters. The molecule has 1 aliphatic rings. The van der Waals surface area contributed by atoms with Crippen LogP contribution in [0, 0.1) is 0 Å². The molecule has 1 aliphatic heterocycles. The Morgan fingerprint density at radius 1 is 1.06 bits per heavy atom. The van der Waals surface area contributed by atoms with Gasteiger partial charge in [-0.05, 0) is 60.2 Å². The highest BCUT2D eigenvalue weighted by Crippen LogP contribution is 2.40. The zero-order chi connectivity index (χ0) is 21.8. The molecule has 0 aliphatic carbocycles. The molecule has 158 valence electrons. The van der Waals surface area contributed by atoms with E-state index in [2.05, 4.69) is 5.32 Å². The number of fused-ring (bicyclic) bond motifs is 1. The van der Waals surface area contributed by atoms with Crippen molar-refractivity contribution in [1.29, 1.82) is 0 Å². The predicted octanol–water partition coefficient (Wildman–Crippen LogP) is 5.98. The number of nitrogens with zero attached hydrogens (tertiary/aromatic N) is 1. The van der Waals surface area contributed by atoms with Gasteiger partial charge in [0.25, 0.3) is 0 Å². The van der Waals surface area contributed by atoms with E-state index in [1.807, 2.05) is 48.5 Å². The molecule has 0 saturated heterocycles. The van der Waals surface area contributed by atoms with Gasteiger partial charge in [-0.1, -0.05) is 23.7 Å². The molecular formula is C24H21ClN2O3S. The van der Waals surface area contributed by atoms with E-state index in [0.717, 1.165) is 27.6 Å². The third-order valence-corrected chi connectivity index (χ3v) is 6.44. The number of carbonyl (C=O) groups excluding carboxylic acids is 1. The van der Waals surface area contributed by atoms with E-state index >= 15 is 0 Å². The van der Waals surface area contributed by atoms with Crippen LogP contribution >= 0.6 is 23.4 Å². The highest BCUT2D eigenvalue weighted by atomic mass is 35.5.